The molecule has 0 bridgehead atoms. The molecule has 0 unspecified atom stereocenters. The Kier molecular flexibility index (Phi) is 9.84. The van der Waals surface area contributed by atoms with Gasteiger partial charge in [0.2, 0.25) is 0 Å². The van der Waals surface area contributed by atoms with Gasteiger partial charge in [-0.3, -0.25) is 0 Å². The first-order chi connectivity index (χ1) is 29.2. The largest absolute Gasteiger partial charge is 0.310 e. The van der Waals surface area contributed by atoms with Crippen molar-refractivity contribution in [3.05, 3.63) is 242 Å². The lowest BCUT2D eigenvalue weighted by atomic mass is 9.92. The number of hydrogen-bond donors (Lipinski definition) is 0. The number of rotatable bonds is 9. The van der Waals surface area contributed by atoms with Crippen molar-refractivity contribution in [1.29, 1.82) is 0 Å². The van der Waals surface area contributed by atoms with Crippen molar-refractivity contribution in [2.75, 3.05) is 4.90 Å². The molecule has 0 spiro atoms. The van der Waals surface area contributed by atoms with Gasteiger partial charge >= 0.3 is 0 Å². The summed E-state index contributed by atoms with van der Waals surface area (Å²) in [5.74, 6) is 0. The summed E-state index contributed by atoms with van der Waals surface area (Å²) in [5.41, 5.74) is 17.9. The Hall–Kier alpha value is -7.48. The van der Waals surface area contributed by atoms with Crippen LogP contribution in [0, 0.1) is 0 Å². The third-order valence-corrected chi connectivity index (χ3v) is 11.5. The van der Waals surface area contributed by atoms with Gasteiger partial charge in [0.15, 0.2) is 0 Å². The molecule has 0 fully saturated rings. The molecule has 0 aliphatic heterocycles. The Bertz CT molecular complexity index is 2920. The van der Waals surface area contributed by atoms with Crippen molar-refractivity contribution in [2.24, 2.45) is 0 Å². The lowest BCUT2D eigenvalue weighted by Gasteiger charge is -2.27. The molecule has 280 valence electrons. The second-order valence-electron chi connectivity index (χ2n) is 15.2. The molecule has 0 saturated carbocycles. The summed E-state index contributed by atoms with van der Waals surface area (Å²) in [6.07, 6.45) is 9.08. The maximum absolute atomic E-state index is 2.39. The van der Waals surface area contributed by atoms with Crippen LogP contribution in [0.3, 0.4) is 0 Å². The molecule has 0 atom stereocenters. The Labute approximate surface area is 347 Å². The minimum atomic E-state index is 1.09. The smallest absolute Gasteiger partial charge is 0.0468 e. The van der Waals surface area contributed by atoms with Crippen LogP contribution in [-0.4, -0.2) is 0 Å². The summed E-state index contributed by atoms with van der Waals surface area (Å²) in [7, 11) is 0. The van der Waals surface area contributed by atoms with Crippen LogP contribution < -0.4 is 4.90 Å². The van der Waals surface area contributed by atoms with E-state index >= 15 is 0 Å². The van der Waals surface area contributed by atoms with Crippen molar-refractivity contribution < 1.29 is 0 Å². The molecule has 0 aromatic heterocycles. The molecule has 1 nitrogen and oxygen atoms in total. The van der Waals surface area contributed by atoms with Gasteiger partial charge < -0.3 is 4.90 Å². The molecule has 1 aliphatic carbocycles. The minimum absolute atomic E-state index is 1.09. The van der Waals surface area contributed by atoms with Gasteiger partial charge in [-0.15, -0.1) is 0 Å². The zero-order valence-electron chi connectivity index (χ0n) is 32.9. The predicted octanol–water partition coefficient (Wildman–Crippen LogP) is 16.4. The molecule has 0 amide bonds. The highest BCUT2D eigenvalue weighted by Gasteiger charge is 2.18. The van der Waals surface area contributed by atoms with Crippen LogP contribution in [0.1, 0.15) is 18.4 Å². The van der Waals surface area contributed by atoms with Crippen LogP contribution in [0.25, 0.3) is 72.0 Å². The van der Waals surface area contributed by atoms with E-state index in [0.717, 1.165) is 29.9 Å². The van der Waals surface area contributed by atoms with E-state index < -0.39 is 0 Å². The molecule has 59 heavy (non-hydrogen) atoms. The average Bonchev–Trinajstić information content (AvgIpc) is 3.33. The third-order valence-electron chi connectivity index (χ3n) is 11.5. The first-order valence-electron chi connectivity index (χ1n) is 20.6. The highest BCUT2D eigenvalue weighted by atomic mass is 15.1. The Morgan fingerprint density at radius 2 is 0.780 bits per heavy atom. The Morgan fingerprint density at radius 1 is 0.305 bits per heavy atom. The fraction of sp³-hybridized carbons (Fsp3) is 0.0345. The molecule has 9 aromatic carbocycles. The zero-order valence-corrected chi connectivity index (χ0v) is 32.9. The van der Waals surface area contributed by atoms with E-state index in [1.807, 2.05) is 0 Å². The number of fused-ring (bicyclic) bond motifs is 1. The summed E-state index contributed by atoms with van der Waals surface area (Å²) >= 11 is 0. The van der Waals surface area contributed by atoms with Gasteiger partial charge in [-0.1, -0.05) is 200 Å². The van der Waals surface area contributed by atoms with Gasteiger partial charge in [-0.25, -0.2) is 0 Å². The molecule has 1 heteroatoms. The molecular weight excluding hydrogens is 711 g/mol. The van der Waals surface area contributed by atoms with Crippen LogP contribution in [0.2, 0.25) is 0 Å². The van der Waals surface area contributed by atoms with Crippen LogP contribution in [0.5, 0.6) is 0 Å². The molecule has 1 aliphatic rings. The second kappa shape index (κ2) is 16.2. The quantitative estimate of drug-likeness (QED) is 0.142. The SMILES string of the molecule is C1=CC(c2ccc(-c3ccc(N(c4ccc(-c5cccc6ccccc56)cc4)c4ccc(-c5ccccc5)c(-c5ccc(-c6ccccc6)cc5)c4)cc3)cc2)=CCC1. The average molecular weight is 754 g/mol. The number of anilines is 3. The number of allylic oxidation sites excluding steroid dienone is 4. The maximum atomic E-state index is 2.39. The maximum Gasteiger partial charge on any atom is 0.0468 e. The van der Waals surface area contributed by atoms with Crippen molar-refractivity contribution in [2.45, 2.75) is 12.8 Å². The summed E-state index contributed by atoms with van der Waals surface area (Å²) in [6, 6.07) is 79.5. The van der Waals surface area contributed by atoms with Crippen LogP contribution >= 0.6 is 0 Å². The normalized spacial score (nSPS) is 12.3. The van der Waals surface area contributed by atoms with Crippen LogP contribution in [-0.2, 0) is 0 Å². The Balaban J connectivity index is 1.07. The summed E-state index contributed by atoms with van der Waals surface area (Å²) < 4.78 is 0. The van der Waals surface area contributed by atoms with Crippen molar-refractivity contribution >= 4 is 33.4 Å². The molecule has 0 saturated heterocycles. The van der Waals surface area contributed by atoms with E-state index in [1.165, 1.54) is 77.5 Å². The summed E-state index contributed by atoms with van der Waals surface area (Å²) in [5, 5.41) is 2.51. The predicted molar refractivity (Wildman–Crippen MR) is 252 cm³/mol. The molecule has 9 aromatic rings. The molecule has 0 radical (unpaired) electrons. The van der Waals surface area contributed by atoms with Gasteiger partial charge in [-0.2, -0.15) is 0 Å². The van der Waals surface area contributed by atoms with Gasteiger partial charge in [0.05, 0.1) is 0 Å². The molecular formula is C58H43N. The topological polar surface area (TPSA) is 3.24 Å². The highest BCUT2D eigenvalue weighted by molar-refractivity contribution is 5.97. The standard InChI is InChI=1S/C58H43N/c1-4-13-42(14-5-1)44-23-25-46(26-24-44)47-31-35-52(36-32-47)59(53-37-33-50(34-38-53)56-22-12-20-49-19-10-11-21-55(49)56)54-39-40-57(48-17-8-3-9-18-48)58(41-54)51-29-27-45(28-30-51)43-15-6-2-7-16-43/h2-4,6-41H,1,5H2. The van der Waals surface area contributed by atoms with Crippen molar-refractivity contribution in [1.82, 2.24) is 0 Å². The number of hydrogen-bond acceptors (Lipinski definition) is 1. The number of benzene rings is 9. The fourth-order valence-electron chi connectivity index (χ4n) is 8.45. The van der Waals surface area contributed by atoms with Gasteiger partial charge in [0.1, 0.15) is 0 Å². The van der Waals surface area contributed by atoms with Crippen molar-refractivity contribution in [3.8, 4) is 55.6 Å². The monoisotopic (exact) mass is 753 g/mol. The summed E-state index contributed by atoms with van der Waals surface area (Å²) in [4.78, 5) is 2.39. The van der Waals surface area contributed by atoms with E-state index in [0.29, 0.717) is 0 Å². The lowest BCUT2D eigenvalue weighted by molar-refractivity contribution is 1.04. The minimum Gasteiger partial charge on any atom is -0.310 e. The van der Waals surface area contributed by atoms with E-state index in [1.54, 1.807) is 0 Å². The van der Waals surface area contributed by atoms with E-state index in [2.05, 4.69) is 242 Å². The van der Waals surface area contributed by atoms with Crippen LogP contribution in [0.4, 0.5) is 17.1 Å². The van der Waals surface area contributed by atoms with E-state index in [4.69, 9.17) is 0 Å². The first-order valence-corrected chi connectivity index (χ1v) is 20.6. The Morgan fingerprint density at radius 3 is 1.42 bits per heavy atom. The van der Waals surface area contributed by atoms with E-state index in [9.17, 15) is 0 Å². The third kappa shape index (κ3) is 7.43. The molecule has 0 N–H and O–H groups in total. The number of nitrogens with zero attached hydrogens (tertiary/aromatic N) is 1. The first kappa shape index (κ1) is 35.9. The van der Waals surface area contributed by atoms with E-state index in [-0.39, 0.29) is 0 Å². The summed E-state index contributed by atoms with van der Waals surface area (Å²) in [6.45, 7) is 0. The molecule has 0 heterocycles. The zero-order chi connectivity index (χ0) is 39.4. The van der Waals surface area contributed by atoms with Crippen LogP contribution in [0.15, 0.2) is 237 Å². The molecule has 10 rings (SSSR count). The van der Waals surface area contributed by atoms with Crippen molar-refractivity contribution in [3.63, 3.8) is 0 Å². The lowest BCUT2D eigenvalue weighted by Crippen LogP contribution is -2.10. The fourth-order valence-corrected chi connectivity index (χ4v) is 8.45. The van der Waals surface area contributed by atoms with Gasteiger partial charge in [0, 0.05) is 17.1 Å². The van der Waals surface area contributed by atoms with Gasteiger partial charge in [-0.05, 0) is 127 Å². The second-order valence-corrected chi connectivity index (χ2v) is 15.2. The van der Waals surface area contributed by atoms with Gasteiger partial charge in [0.25, 0.3) is 0 Å². The highest BCUT2D eigenvalue weighted by Crippen LogP contribution is 2.42.